The van der Waals surface area contributed by atoms with Crippen molar-refractivity contribution < 1.29 is 14.0 Å². The zero-order valence-corrected chi connectivity index (χ0v) is 19.0. The van der Waals surface area contributed by atoms with Gasteiger partial charge in [0, 0.05) is 18.3 Å². The maximum Gasteiger partial charge on any atom is 0.243 e. The van der Waals surface area contributed by atoms with Gasteiger partial charge in [-0.05, 0) is 56.0 Å². The van der Waals surface area contributed by atoms with Crippen LogP contribution in [0.25, 0.3) is 0 Å². The smallest absolute Gasteiger partial charge is 0.243 e. The third kappa shape index (κ3) is 7.17. The lowest BCUT2D eigenvalue weighted by Crippen LogP contribution is -2.51. The average molecular weight is 431 g/mol. The van der Waals surface area contributed by atoms with Crippen LogP contribution in [0.15, 0.2) is 48.5 Å². The molecule has 0 heterocycles. The van der Waals surface area contributed by atoms with Gasteiger partial charge in [-0.2, -0.15) is 0 Å². The van der Waals surface area contributed by atoms with Crippen LogP contribution in [0.2, 0.25) is 0 Å². The van der Waals surface area contributed by atoms with E-state index in [-0.39, 0.29) is 29.4 Å². The Balaban J connectivity index is 2.13. The van der Waals surface area contributed by atoms with Gasteiger partial charge in [0.1, 0.15) is 11.9 Å². The average Bonchev–Trinajstić information content (AvgIpc) is 2.70. The highest BCUT2D eigenvalue weighted by Gasteiger charge is 2.29. The lowest BCUT2D eigenvalue weighted by molar-refractivity contribution is -0.139. The van der Waals surface area contributed by atoms with E-state index in [1.807, 2.05) is 52.0 Å². The highest BCUT2D eigenvalue weighted by Crippen LogP contribution is 2.19. The summed E-state index contributed by atoms with van der Waals surface area (Å²) in [6.45, 7) is 8.16. The molecular weight excluding hydrogens is 399 g/mol. The first-order valence-corrected chi connectivity index (χ1v) is 11.4. The molecule has 4 nitrogen and oxygen atoms in total. The number of nitrogens with one attached hydrogen (secondary N) is 1. The molecule has 0 bridgehead atoms. The zero-order valence-electron chi connectivity index (χ0n) is 18.2. The highest BCUT2D eigenvalue weighted by molar-refractivity contribution is 7.99. The number of hydrogen-bond acceptors (Lipinski definition) is 3. The summed E-state index contributed by atoms with van der Waals surface area (Å²) in [5.74, 6) is 0.397. The van der Waals surface area contributed by atoms with Gasteiger partial charge >= 0.3 is 0 Å². The van der Waals surface area contributed by atoms with Gasteiger partial charge in [0.15, 0.2) is 0 Å². The number of hydrogen-bond donors (Lipinski definition) is 1. The molecule has 0 unspecified atom stereocenters. The minimum Gasteiger partial charge on any atom is -0.352 e. The van der Waals surface area contributed by atoms with Gasteiger partial charge in [0.25, 0.3) is 0 Å². The number of halogens is 1. The highest BCUT2D eigenvalue weighted by atomic mass is 32.2. The molecule has 2 aromatic rings. The van der Waals surface area contributed by atoms with Crippen molar-refractivity contribution in [1.29, 1.82) is 0 Å². The summed E-state index contributed by atoms with van der Waals surface area (Å²) >= 11 is 1.47. The van der Waals surface area contributed by atoms with E-state index in [1.54, 1.807) is 17.0 Å². The van der Waals surface area contributed by atoms with Crippen LogP contribution >= 0.6 is 11.8 Å². The Kier molecular flexibility index (Phi) is 9.37. The SMILES string of the molecule is CC[C@@H](C(=O)NC(C)C)N(Cc1ccccc1C)C(=O)CSCc1ccc(F)cc1. The first kappa shape index (κ1) is 23.9. The van der Waals surface area contributed by atoms with Gasteiger partial charge in [-0.25, -0.2) is 4.39 Å². The molecule has 0 aliphatic rings. The number of amides is 2. The van der Waals surface area contributed by atoms with Crippen LogP contribution in [0, 0.1) is 12.7 Å². The maximum absolute atomic E-state index is 13.2. The Hall–Kier alpha value is -2.34. The fourth-order valence-electron chi connectivity index (χ4n) is 3.19. The van der Waals surface area contributed by atoms with Crippen LogP contribution in [0.1, 0.15) is 43.9 Å². The van der Waals surface area contributed by atoms with Crippen LogP contribution in [0.5, 0.6) is 0 Å². The Bertz CT molecular complexity index is 839. The number of thioether (sulfide) groups is 1. The van der Waals surface area contributed by atoms with E-state index in [4.69, 9.17) is 0 Å². The molecule has 1 N–H and O–H groups in total. The quantitative estimate of drug-likeness (QED) is 0.594. The summed E-state index contributed by atoms with van der Waals surface area (Å²) < 4.78 is 13.1. The van der Waals surface area contributed by atoms with Crippen molar-refractivity contribution in [2.45, 2.75) is 58.5 Å². The van der Waals surface area contributed by atoms with Crippen LogP contribution in [0.3, 0.4) is 0 Å². The van der Waals surface area contributed by atoms with Crippen LogP contribution < -0.4 is 5.32 Å². The number of rotatable bonds is 10. The number of carbonyl (C=O) groups excluding carboxylic acids is 2. The topological polar surface area (TPSA) is 49.4 Å². The van der Waals surface area contributed by atoms with Gasteiger partial charge in [-0.15, -0.1) is 11.8 Å². The third-order valence-corrected chi connectivity index (χ3v) is 5.81. The summed E-state index contributed by atoms with van der Waals surface area (Å²) in [5.41, 5.74) is 3.09. The molecule has 2 aromatic carbocycles. The lowest BCUT2D eigenvalue weighted by atomic mass is 10.1. The first-order valence-electron chi connectivity index (χ1n) is 10.3. The molecule has 2 amide bonds. The summed E-state index contributed by atoms with van der Waals surface area (Å²) in [6.07, 6.45) is 0.540. The fraction of sp³-hybridized carbons (Fsp3) is 0.417. The summed E-state index contributed by atoms with van der Waals surface area (Å²) in [4.78, 5) is 27.6. The van der Waals surface area contributed by atoms with Gasteiger partial charge in [0.05, 0.1) is 5.75 Å². The van der Waals surface area contributed by atoms with Crippen molar-refractivity contribution in [3.05, 3.63) is 71.0 Å². The first-order chi connectivity index (χ1) is 14.3. The Morgan fingerprint density at radius 3 is 2.37 bits per heavy atom. The molecule has 162 valence electrons. The molecule has 0 radical (unpaired) electrons. The molecule has 0 saturated heterocycles. The standard InChI is InChI=1S/C24H31FN2O2S/c1-5-22(24(29)26-17(2)3)27(14-20-9-7-6-8-18(20)4)23(28)16-30-15-19-10-12-21(25)13-11-19/h6-13,17,22H,5,14-16H2,1-4H3,(H,26,29)/t22-/m0/s1. The second-order valence-corrected chi connectivity index (χ2v) is 8.64. The minimum atomic E-state index is -0.522. The second kappa shape index (κ2) is 11.7. The monoisotopic (exact) mass is 430 g/mol. The molecule has 0 fully saturated rings. The molecular formula is C24H31FN2O2S. The third-order valence-electron chi connectivity index (χ3n) is 4.83. The molecule has 0 aliphatic heterocycles. The molecule has 6 heteroatoms. The van der Waals surface area contributed by atoms with E-state index in [0.29, 0.717) is 18.7 Å². The lowest BCUT2D eigenvalue weighted by Gasteiger charge is -2.31. The van der Waals surface area contributed by atoms with E-state index in [0.717, 1.165) is 16.7 Å². The minimum absolute atomic E-state index is 0.00909. The number of aryl methyl sites for hydroxylation is 1. The van der Waals surface area contributed by atoms with E-state index in [1.165, 1.54) is 23.9 Å². The number of carbonyl (C=O) groups is 2. The number of benzene rings is 2. The Morgan fingerprint density at radius 1 is 1.10 bits per heavy atom. The van der Waals surface area contributed by atoms with Crippen molar-refractivity contribution in [3.8, 4) is 0 Å². The maximum atomic E-state index is 13.2. The molecule has 30 heavy (non-hydrogen) atoms. The van der Waals surface area contributed by atoms with E-state index in [2.05, 4.69) is 5.32 Å². The largest absolute Gasteiger partial charge is 0.352 e. The zero-order chi connectivity index (χ0) is 22.1. The molecule has 0 spiro atoms. The predicted molar refractivity (Wildman–Crippen MR) is 122 cm³/mol. The van der Waals surface area contributed by atoms with Crippen LogP contribution in [-0.4, -0.2) is 34.6 Å². The van der Waals surface area contributed by atoms with E-state index >= 15 is 0 Å². The summed E-state index contributed by atoms with van der Waals surface area (Å²) in [5, 5.41) is 2.94. The number of nitrogens with zero attached hydrogens (tertiary/aromatic N) is 1. The summed E-state index contributed by atoms with van der Waals surface area (Å²) in [6, 6.07) is 13.7. The normalized spacial score (nSPS) is 11.9. The van der Waals surface area contributed by atoms with Gasteiger partial charge in [-0.1, -0.05) is 43.3 Å². The van der Waals surface area contributed by atoms with Crippen molar-refractivity contribution in [3.63, 3.8) is 0 Å². The van der Waals surface area contributed by atoms with Crippen molar-refractivity contribution in [2.75, 3.05) is 5.75 Å². The molecule has 1 atom stereocenters. The van der Waals surface area contributed by atoms with Crippen molar-refractivity contribution in [2.24, 2.45) is 0 Å². The fourth-order valence-corrected chi connectivity index (χ4v) is 4.06. The molecule has 0 aliphatic carbocycles. The predicted octanol–water partition coefficient (Wildman–Crippen LogP) is 4.70. The van der Waals surface area contributed by atoms with Gasteiger partial charge in [0.2, 0.25) is 11.8 Å². The van der Waals surface area contributed by atoms with E-state index in [9.17, 15) is 14.0 Å². The van der Waals surface area contributed by atoms with Crippen LogP contribution in [0.4, 0.5) is 4.39 Å². The molecule has 2 rings (SSSR count). The van der Waals surface area contributed by atoms with Gasteiger partial charge in [-0.3, -0.25) is 9.59 Å². The molecule has 0 saturated carbocycles. The van der Waals surface area contributed by atoms with Crippen molar-refractivity contribution in [1.82, 2.24) is 10.2 Å². The van der Waals surface area contributed by atoms with E-state index < -0.39 is 6.04 Å². The van der Waals surface area contributed by atoms with Crippen LogP contribution in [-0.2, 0) is 21.9 Å². The second-order valence-electron chi connectivity index (χ2n) is 7.65. The Labute approximate surface area is 183 Å². The summed E-state index contributed by atoms with van der Waals surface area (Å²) in [7, 11) is 0. The Morgan fingerprint density at radius 2 is 1.77 bits per heavy atom. The van der Waals surface area contributed by atoms with Crippen molar-refractivity contribution >= 4 is 23.6 Å². The van der Waals surface area contributed by atoms with Gasteiger partial charge < -0.3 is 10.2 Å². The molecule has 0 aromatic heterocycles.